The number of carbonyl (C=O) groups is 1. The number of rotatable bonds is 3. The highest BCUT2D eigenvalue weighted by Crippen LogP contribution is 2.28. The van der Waals surface area contributed by atoms with Crippen LogP contribution in [0, 0.1) is 0 Å². The van der Waals surface area contributed by atoms with Gasteiger partial charge in [-0.1, -0.05) is 24.3 Å². The Hall–Kier alpha value is -2.63. The molecular formula is C18H21N5O. The minimum Gasteiger partial charge on any atom is -0.368 e. The van der Waals surface area contributed by atoms with Gasteiger partial charge in [0.1, 0.15) is 24.0 Å². The minimum atomic E-state index is -0.278. The number of amides is 1. The van der Waals surface area contributed by atoms with E-state index in [2.05, 4.69) is 39.1 Å². The summed E-state index contributed by atoms with van der Waals surface area (Å²) in [5, 5.41) is 0. The van der Waals surface area contributed by atoms with Crippen molar-refractivity contribution in [3.8, 4) is 0 Å². The van der Waals surface area contributed by atoms with Gasteiger partial charge in [0.25, 0.3) is 0 Å². The van der Waals surface area contributed by atoms with E-state index >= 15 is 0 Å². The Kier molecular flexibility index (Phi) is 3.80. The molecule has 0 aliphatic carbocycles. The van der Waals surface area contributed by atoms with Crippen molar-refractivity contribution in [3.63, 3.8) is 0 Å². The molecule has 0 radical (unpaired) electrons. The van der Waals surface area contributed by atoms with E-state index in [9.17, 15) is 4.79 Å². The van der Waals surface area contributed by atoms with Crippen molar-refractivity contribution in [3.05, 3.63) is 47.8 Å². The maximum Gasteiger partial charge on any atom is 0.240 e. The summed E-state index contributed by atoms with van der Waals surface area (Å²) in [6, 6.07) is 10.3. The molecule has 1 saturated heterocycles. The third-order valence-corrected chi connectivity index (χ3v) is 4.97. The average Bonchev–Trinajstić information content (AvgIpc) is 3.11. The van der Waals surface area contributed by atoms with E-state index in [0.717, 1.165) is 50.5 Å². The summed E-state index contributed by atoms with van der Waals surface area (Å²) in [7, 11) is 0. The van der Waals surface area contributed by atoms with Crippen LogP contribution in [0.25, 0.3) is 0 Å². The Balaban J connectivity index is 1.59. The first-order valence-electron chi connectivity index (χ1n) is 8.42. The molecule has 4 rings (SSSR count). The molecule has 0 saturated carbocycles. The highest BCUT2D eigenvalue weighted by molar-refractivity contribution is 5.84. The molecule has 2 aliphatic heterocycles. The van der Waals surface area contributed by atoms with Crippen molar-refractivity contribution in [1.29, 1.82) is 0 Å². The van der Waals surface area contributed by atoms with Gasteiger partial charge >= 0.3 is 0 Å². The Bertz CT molecular complexity index is 763. The zero-order valence-corrected chi connectivity index (χ0v) is 13.6. The van der Waals surface area contributed by atoms with Gasteiger partial charge in [0.05, 0.1) is 0 Å². The topological polar surface area (TPSA) is 75.4 Å². The van der Waals surface area contributed by atoms with E-state index < -0.39 is 0 Å². The molecule has 2 aromatic rings. The number of benzene rings is 1. The lowest BCUT2D eigenvalue weighted by Crippen LogP contribution is -2.41. The number of hydrogen-bond acceptors (Lipinski definition) is 5. The molecule has 1 aromatic heterocycles. The monoisotopic (exact) mass is 323 g/mol. The van der Waals surface area contributed by atoms with Crippen LogP contribution < -0.4 is 15.5 Å². The summed E-state index contributed by atoms with van der Waals surface area (Å²) in [6.45, 7) is 2.60. The van der Waals surface area contributed by atoms with Crippen LogP contribution in [0.5, 0.6) is 0 Å². The number of anilines is 2. The highest BCUT2D eigenvalue weighted by Gasteiger charge is 2.30. The summed E-state index contributed by atoms with van der Waals surface area (Å²) >= 11 is 0. The quantitative estimate of drug-likeness (QED) is 0.926. The number of aromatic nitrogens is 2. The molecule has 124 valence electrons. The Morgan fingerprint density at radius 2 is 1.92 bits per heavy atom. The highest BCUT2D eigenvalue weighted by atomic mass is 16.1. The fraction of sp³-hybridized carbons (Fsp3) is 0.389. The third kappa shape index (κ3) is 2.68. The van der Waals surface area contributed by atoms with Crippen molar-refractivity contribution in [2.45, 2.75) is 31.8 Å². The zero-order chi connectivity index (χ0) is 16.5. The number of hydrogen-bond donors (Lipinski definition) is 1. The molecular weight excluding hydrogens is 302 g/mol. The van der Waals surface area contributed by atoms with E-state index in [-0.39, 0.29) is 11.9 Å². The van der Waals surface area contributed by atoms with Crippen LogP contribution in [0.1, 0.15) is 24.0 Å². The van der Waals surface area contributed by atoms with Crippen LogP contribution in [0.15, 0.2) is 36.7 Å². The van der Waals surface area contributed by atoms with Crippen LogP contribution in [0.2, 0.25) is 0 Å². The van der Waals surface area contributed by atoms with Gasteiger partial charge < -0.3 is 15.5 Å². The van der Waals surface area contributed by atoms with E-state index in [1.165, 1.54) is 11.1 Å². The Morgan fingerprint density at radius 3 is 2.75 bits per heavy atom. The maximum atomic E-state index is 11.6. The standard InChI is InChI=1S/C18H21N5O/c19-18(24)15-6-3-8-23(15)17-10-16(20-12-21-17)22-9-7-13-4-1-2-5-14(13)11-22/h1-2,4-5,10,12,15H,3,6-9,11H2,(H2,19,24)/t15-/m0/s1. The van der Waals surface area contributed by atoms with Gasteiger partial charge in [0.2, 0.25) is 5.91 Å². The SMILES string of the molecule is NC(=O)[C@@H]1CCCN1c1cc(N2CCc3ccccc3C2)ncn1. The number of nitrogens with zero attached hydrogens (tertiary/aromatic N) is 4. The van der Waals surface area contributed by atoms with Crippen LogP contribution in [-0.4, -0.2) is 35.0 Å². The second-order valence-corrected chi connectivity index (χ2v) is 6.43. The number of carbonyl (C=O) groups excluding carboxylic acids is 1. The molecule has 2 N–H and O–H groups in total. The molecule has 6 nitrogen and oxygen atoms in total. The predicted molar refractivity (Wildman–Crippen MR) is 92.8 cm³/mol. The summed E-state index contributed by atoms with van der Waals surface area (Å²) in [6.07, 6.45) is 4.36. The first-order valence-corrected chi connectivity index (χ1v) is 8.42. The third-order valence-electron chi connectivity index (χ3n) is 4.97. The Morgan fingerprint density at radius 1 is 1.12 bits per heavy atom. The largest absolute Gasteiger partial charge is 0.368 e. The number of fused-ring (bicyclic) bond motifs is 1. The molecule has 24 heavy (non-hydrogen) atoms. The zero-order valence-electron chi connectivity index (χ0n) is 13.6. The molecule has 2 aliphatic rings. The van der Waals surface area contributed by atoms with E-state index in [1.807, 2.05) is 11.0 Å². The van der Waals surface area contributed by atoms with Crippen molar-refractivity contribution in [1.82, 2.24) is 9.97 Å². The summed E-state index contributed by atoms with van der Waals surface area (Å²) in [5.74, 6) is 1.42. The first-order chi connectivity index (χ1) is 11.7. The number of nitrogens with two attached hydrogens (primary N) is 1. The van der Waals surface area contributed by atoms with Crippen LogP contribution in [0.3, 0.4) is 0 Å². The predicted octanol–water partition coefficient (Wildman–Crippen LogP) is 1.49. The first kappa shape index (κ1) is 14.9. The maximum absolute atomic E-state index is 11.6. The molecule has 1 amide bonds. The second kappa shape index (κ2) is 6.11. The van der Waals surface area contributed by atoms with E-state index in [4.69, 9.17) is 5.73 Å². The minimum absolute atomic E-state index is 0.255. The molecule has 6 heteroatoms. The van der Waals surface area contributed by atoms with Gasteiger partial charge in [-0.2, -0.15) is 0 Å². The molecule has 0 unspecified atom stereocenters. The van der Waals surface area contributed by atoms with Gasteiger partial charge in [0, 0.05) is 25.7 Å². The van der Waals surface area contributed by atoms with Crippen molar-refractivity contribution < 1.29 is 4.79 Å². The van der Waals surface area contributed by atoms with E-state index in [1.54, 1.807) is 6.33 Å². The van der Waals surface area contributed by atoms with Crippen molar-refractivity contribution in [2.24, 2.45) is 5.73 Å². The molecule has 1 fully saturated rings. The fourth-order valence-corrected chi connectivity index (χ4v) is 3.70. The lowest BCUT2D eigenvalue weighted by molar-refractivity contribution is -0.119. The smallest absolute Gasteiger partial charge is 0.240 e. The van der Waals surface area contributed by atoms with E-state index in [0.29, 0.717) is 0 Å². The van der Waals surface area contributed by atoms with Crippen LogP contribution in [0.4, 0.5) is 11.6 Å². The molecule has 1 atom stereocenters. The summed E-state index contributed by atoms with van der Waals surface area (Å²) in [4.78, 5) is 24.7. The second-order valence-electron chi connectivity index (χ2n) is 6.43. The summed E-state index contributed by atoms with van der Waals surface area (Å²) < 4.78 is 0. The van der Waals surface area contributed by atoms with Crippen molar-refractivity contribution >= 4 is 17.5 Å². The Labute approximate surface area is 141 Å². The van der Waals surface area contributed by atoms with Crippen molar-refractivity contribution in [2.75, 3.05) is 22.9 Å². The van der Waals surface area contributed by atoms with Gasteiger partial charge in [-0.15, -0.1) is 0 Å². The molecule has 0 bridgehead atoms. The fourth-order valence-electron chi connectivity index (χ4n) is 3.70. The lowest BCUT2D eigenvalue weighted by atomic mass is 10.00. The van der Waals surface area contributed by atoms with Gasteiger partial charge in [-0.25, -0.2) is 9.97 Å². The van der Waals surface area contributed by atoms with Gasteiger partial charge in [0.15, 0.2) is 0 Å². The molecule has 3 heterocycles. The lowest BCUT2D eigenvalue weighted by Gasteiger charge is -2.30. The number of primary amides is 1. The summed E-state index contributed by atoms with van der Waals surface area (Å²) in [5.41, 5.74) is 8.29. The van der Waals surface area contributed by atoms with Crippen LogP contribution >= 0.6 is 0 Å². The van der Waals surface area contributed by atoms with Gasteiger partial charge in [-0.05, 0) is 30.4 Å². The van der Waals surface area contributed by atoms with Gasteiger partial charge in [-0.3, -0.25) is 4.79 Å². The molecule has 1 aromatic carbocycles. The normalized spacial score (nSPS) is 20.1. The average molecular weight is 323 g/mol. The molecule has 0 spiro atoms. The van der Waals surface area contributed by atoms with Crippen LogP contribution in [-0.2, 0) is 17.8 Å².